The predicted molar refractivity (Wildman–Crippen MR) is 115 cm³/mol. The number of aliphatic hydroxyl groups excluding tert-OH is 1. The molecular formula is C25H28N2O2. The van der Waals surface area contributed by atoms with Crippen LogP contribution in [0.1, 0.15) is 56.5 Å². The standard InChI is InChI=1S/C25H28N2O2/c1-29-23-15-21(26-25(27-23)20-12-6-7-13-22(20)28)24-18-10-4-2-8-16(18)14-17-9-3-5-11-19(17)24/h2,4,7-8,10,13,15-18,28H,3,5-6,9,11-12,14H2,1H3. The Morgan fingerprint density at radius 3 is 2.86 bits per heavy atom. The fourth-order valence-electron chi connectivity index (χ4n) is 5.45. The van der Waals surface area contributed by atoms with E-state index in [1.165, 1.54) is 37.7 Å². The van der Waals surface area contributed by atoms with Gasteiger partial charge in [-0.1, -0.05) is 42.4 Å². The average molecular weight is 389 g/mol. The third-order valence-electron chi connectivity index (χ3n) is 6.83. The highest BCUT2D eigenvalue weighted by atomic mass is 16.5. The molecule has 1 N–H and O–H groups in total. The van der Waals surface area contributed by atoms with Crippen LogP contribution in [0.25, 0.3) is 11.1 Å². The first-order chi connectivity index (χ1) is 14.2. The molecule has 0 spiro atoms. The maximum Gasteiger partial charge on any atom is 0.217 e. The van der Waals surface area contributed by atoms with E-state index in [0.29, 0.717) is 29.5 Å². The quantitative estimate of drug-likeness (QED) is 0.710. The molecule has 1 fully saturated rings. The van der Waals surface area contributed by atoms with Crippen molar-refractivity contribution >= 4 is 11.1 Å². The molecule has 3 atom stereocenters. The van der Waals surface area contributed by atoms with E-state index in [0.717, 1.165) is 24.1 Å². The lowest BCUT2D eigenvalue weighted by atomic mass is 9.64. The average Bonchev–Trinajstić information content (AvgIpc) is 2.77. The van der Waals surface area contributed by atoms with Gasteiger partial charge < -0.3 is 9.84 Å². The van der Waals surface area contributed by atoms with Crippen molar-refractivity contribution in [2.24, 2.45) is 17.8 Å². The summed E-state index contributed by atoms with van der Waals surface area (Å²) in [5.41, 5.74) is 4.74. The van der Waals surface area contributed by atoms with Gasteiger partial charge in [-0.25, -0.2) is 4.98 Å². The van der Waals surface area contributed by atoms with E-state index in [9.17, 15) is 5.11 Å². The fraction of sp³-hybridized carbons (Fsp3) is 0.440. The smallest absolute Gasteiger partial charge is 0.217 e. The van der Waals surface area contributed by atoms with Gasteiger partial charge in [0.15, 0.2) is 5.82 Å². The minimum absolute atomic E-state index is 0.269. The molecule has 1 saturated carbocycles. The molecule has 0 saturated heterocycles. The summed E-state index contributed by atoms with van der Waals surface area (Å²) < 4.78 is 5.56. The van der Waals surface area contributed by atoms with E-state index >= 15 is 0 Å². The van der Waals surface area contributed by atoms with Crippen LogP contribution in [0.5, 0.6) is 5.88 Å². The Kier molecular flexibility index (Phi) is 4.86. The molecule has 29 heavy (non-hydrogen) atoms. The van der Waals surface area contributed by atoms with Gasteiger partial charge in [-0.3, -0.25) is 0 Å². The van der Waals surface area contributed by atoms with Crippen LogP contribution < -0.4 is 4.74 Å². The van der Waals surface area contributed by atoms with Gasteiger partial charge in [0.2, 0.25) is 5.88 Å². The van der Waals surface area contributed by atoms with Crippen LogP contribution in [0.3, 0.4) is 0 Å². The van der Waals surface area contributed by atoms with E-state index in [-0.39, 0.29) is 5.76 Å². The normalized spacial score (nSPS) is 28.4. The molecule has 4 aliphatic rings. The summed E-state index contributed by atoms with van der Waals surface area (Å²) in [5.74, 6) is 3.00. The molecule has 1 aromatic rings. The summed E-state index contributed by atoms with van der Waals surface area (Å²) in [6, 6.07) is 1.99. The SMILES string of the molecule is COc1cc(C2=C3CCCCC3CC3C=CC=CC23)nc(C2=C(O)C=CCC2)n1. The molecule has 0 radical (unpaired) electrons. The molecule has 4 aliphatic carbocycles. The van der Waals surface area contributed by atoms with Gasteiger partial charge in [0, 0.05) is 17.6 Å². The molecule has 0 bridgehead atoms. The van der Waals surface area contributed by atoms with Gasteiger partial charge in [-0.2, -0.15) is 4.98 Å². The van der Waals surface area contributed by atoms with Crippen LogP contribution >= 0.6 is 0 Å². The zero-order valence-corrected chi connectivity index (χ0v) is 17.0. The molecule has 3 unspecified atom stereocenters. The summed E-state index contributed by atoms with van der Waals surface area (Å²) in [6.07, 6.45) is 20.7. The van der Waals surface area contributed by atoms with Gasteiger partial charge in [-0.05, 0) is 62.0 Å². The summed E-state index contributed by atoms with van der Waals surface area (Å²) in [4.78, 5) is 9.59. The van der Waals surface area contributed by atoms with Crippen molar-refractivity contribution in [1.29, 1.82) is 0 Å². The highest BCUT2D eigenvalue weighted by molar-refractivity contribution is 5.74. The number of allylic oxidation sites excluding steroid dienone is 9. The Balaban J connectivity index is 1.67. The van der Waals surface area contributed by atoms with Crippen LogP contribution in [-0.2, 0) is 0 Å². The van der Waals surface area contributed by atoms with Gasteiger partial charge in [0.1, 0.15) is 5.76 Å². The number of ether oxygens (including phenoxy) is 1. The zero-order chi connectivity index (χ0) is 19.8. The molecule has 4 heteroatoms. The van der Waals surface area contributed by atoms with Crippen molar-refractivity contribution in [1.82, 2.24) is 9.97 Å². The molecule has 1 heterocycles. The maximum absolute atomic E-state index is 10.4. The predicted octanol–water partition coefficient (Wildman–Crippen LogP) is 5.81. The number of fused-ring (bicyclic) bond motifs is 2. The number of hydrogen-bond donors (Lipinski definition) is 1. The molecule has 0 amide bonds. The third-order valence-corrected chi connectivity index (χ3v) is 6.83. The molecule has 0 aromatic carbocycles. The van der Waals surface area contributed by atoms with Gasteiger partial charge in [0.05, 0.1) is 12.8 Å². The number of aromatic nitrogens is 2. The number of methoxy groups -OCH3 is 1. The second-order valence-electron chi connectivity index (χ2n) is 8.50. The zero-order valence-electron chi connectivity index (χ0n) is 17.0. The topological polar surface area (TPSA) is 55.2 Å². The van der Waals surface area contributed by atoms with Crippen molar-refractivity contribution < 1.29 is 9.84 Å². The van der Waals surface area contributed by atoms with E-state index in [4.69, 9.17) is 9.72 Å². The number of aliphatic hydroxyl groups is 1. The van der Waals surface area contributed by atoms with Crippen molar-refractivity contribution in [3.8, 4) is 5.88 Å². The lowest BCUT2D eigenvalue weighted by molar-refractivity contribution is 0.339. The maximum atomic E-state index is 10.4. The molecule has 150 valence electrons. The Morgan fingerprint density at radius 2 is 2.00 bits per heavy atom. The van der Waals surface area contributed by atoms with E-state index in [1.54, 1.807) is 18.8 Å². The number of rotatable bonds is 3. The van der Waals surface area contributed by atoms with E-state index in [1.807, 2.05) is 12.1 Å². The number of hydrogen-bond acceptors (Lipinski definition) is 4. The third kappa shape index (κ3) is 3.35. The Bertz CT molecular complexity index is 967. The lowest BCUT2D eigenvalue weighted by Crippen LogP contribution is -2.29. The second kappa shape index (κ2) is 7.66. The first kappa shape index (κ1) is 18.4. The van der Waals surface area contributed by atoms with Gasteiger partial charge in [0.25, 0.3) is 0 Å². The van der Waals surface area contributed by atoms with E-state index in [2.05, 4.69) is 29.3 Å². The minimum atomic E-state index is 0.269. The molecule has 5 rings (SSSR count). The number of nitrogens with zero attached hydrogens (tertiary/aromatic N) is 2. The fourth-order valence-corrected chi connectivity index (χ4v) is 5.45. The molecule has 1 aromatic heterocycles. The Morgan fingerprint density at radius 1 is 1.10 bits per heavy atom. The summed E-state index contributed by atoms with van der Waals surface area (Å²) >= 11 is 0. The van der Waals surface area contributed by atoms with Crippen molar-refractivity contribution in [3.63, 3.8) is 0 Å². The molecule has 4 nitrogen and oxygen atoms in total. The Labute approximate surface area is 172 Å². The molecular weight excluding hydrogens is 360 g/mol. The second-order valence-corrected chi connectivity index (χ2v) is 8.50. The Hall–Kier alpha value is -2.62. The minimum Gasteiger partial charge on any atom is -0.508 e. The highest BCUT2D eigenvalue weighted by Crippen LogP contribution is 2.50. The first-order valence-electron chi connectivity index (χ1n) is 10.8. The van der Waals surface area contributed by atoms with Crippen LogP contribution in [0.15, 0.2) is 53.9 Å². The van der Waals surface area contributed by atoms with Crippen molar-refractivity contribution in [2.75, 3.05) is 7.11 Å². The summed E-state index contributed by atoms with van der Waals surface area (Å²) in [5, 5.41) is 10.4. The summed E-state index contributed by atoms with van der Waals surface area (Å²) in [6.45, 7) is 0. The monoisotopic (exact) mass is 388 g/mol. The highest BCUT2D eigenvalue weighted by Gasteiger charge is 2.37. The van der Waals surface area contributed by atoms with E-state index < -0.39 is 0 Å². The molecule has 0 aliphatic heterocycles. The van der Waals surface area contributed by atoms with Gasteiger partial charge >= 0.3 is 0 Å². The van der Waals surface area contributed by atoms with Crippen LogP contribution in [0.4, 0.5) is 0 Å². The van der Waals surface area contributed by atoms with Crippen molar-refractivity contribution in [2.45, 2.75) is 44.9 Å². The van der Waals surface area contributed by atoms with Crippen LogP contribution in [-0.4, -0.2) is 22.2 Å². The first-order valence-corrected chi connectivity index (χ1v) is 10.8. The largest absolute Gasteiger partial charge is 0.508 e. The lowest BCUT2D eigenvalue weighted by Gasteiger charge is -2.41. The van der Waals surface area contributed by atoms with Crippen LogP contribution in [0.2, 0.25) is 0 Å². The summed E-state index contributed by atoms with van der Waals surface area (Å²) in [7, 11) is 1.65. The van der Waals surface area contributed by atoms with Crippen LogP contribution in [0, 0.1) is 17.8 Å². The van der Waals surface area contributed by atoms with Crippen molar-refractivity contribution in [3.05, 3.63) is 65.4 Å². The van der Waals surface area contributed by atoms with Gasteiger partial charge in [-0.15, -0.1) is 0 Å².